The van der Waals surface area contributed by atoms with Crippen LogP contribution in [0.2, 0.25) is 0 Å². The Hall–Kier alpha value is -0.840. The number of nitrogens with two attached hydrogens (primary N) is 1. The molecule has 2 N–H and O–H groups in total. The van der Waals surface area contributed by atoms with E-state index in [2.05, 4.69) is 47.1 Å². The van der Waals surface area contributed by atoms with E-state index < -0.39 is 0 Å². The van der Waals surface area contributed by atoms with Gasteiger partial charge in [-0.25, -0.2) is 4.39 Å². The Morgan fingerprint density at radius 1 is 1.20 bits per heavy atom. The Kier molecular flexibility index (Phi) is 5.64. The van der Waals surface area contributed by atoms with Gasteiger partial charge in [-0.15, -0.1) is 11.8 Å². The highest BCUT2D eigenvalue weighted by molar-refractivity contribution is 9.10. The van der Waals surface area contributed by atoms with Crippen molar-refractivity contribution >= 4 is 27.7 Å². The number of halogens is 2. The van der Waals surface area contributed by atoms with Gasteiger partial charge in [0.1, 0.15) is 5.82 Å². The van der Waals surface area contributed by atoms with Crippen molar-refractivity contribution in [3.8, 4) is 0 Å². The summed E-state index contributed by atoms with van der Waals surface area (Å²) in [6.07, 6.45) is 0.664. The van der Waals surface area contributed by atoms with Crippen molar-refractivity contribution in [3.05, 3.63) is 63.9 Å². The standard InChI is InChI=1S/C16H17BrFNS/c1-11-2-5-15(6-3-11)20-10-14(19)9-12-8-13(18)4-7-16(12)17/h2-8,14H,9-10,19H2,1H3. The smallest absolute Gasteiger partial charge is 0.123 e. The van der Waals surface area contributed by atoms with Crippen LogP contribution < -0.4 is 5.73 Å². The molecule has 0 aromatic heterocycles. The largest absolute Gasteiger partial charge is 0.327 e. The average molecular weight is 354 g/mol. The van der Waals surface area contributed by atoms with Gasteiger partial charge in [-0.1, -0.05) is 33.6 Å². The maximum atomic E-state index is 13.2. The van der Waals surface area contributed by atoms with Gasteiger partial charge in [0.25, 0.3) is 0 Å². The third-order valence-corrected chi connectivity index (χ3v) is 4.95. The van der Waals surface area contributed by atoms with E-state index in [1.807, 2.05) is 0 Å². The van der Waals surface area contributed by atoms with E-state index in [0.29, 0.717) is 6.42 Å². The molecule has 0 amide bonds. The lowest BCUT2D eigenvalue weighted by Gasteiger charge is -2.13. The number of aryl methyl sites for hydroxylation is 1. The second-order valence-corrected chi connectivity index (χ2v) is 6.77. The van der Waals surface area contributed by atoms with E-state index in [1.165, 1.54) is 16.5 Å². The lowest BCUT2D eigenvalue weighted by Crippen LogP contribution is -2.25. The van der Waals surface area contributed by atoms with Crippen molar-refractivity contribution in [1.82, 2.24) is 0 Å². The van der Waals surface area contributed by atoms with Crippen LogP contribution in [-0.4, -0.2) is 11.8 Å². The second kappa shape index (κ2) is 7.25. The molecule has 2 aromatic carbocycles. The van der Waals surface area contributed by atoms with E-state index in [9.17, 15) is 4.39 Å². The Morgan fingerprint density at radius 2 is 1.90 bits per heavy atom. The van der Waals surface area contributed by atoms with Crippen LogP contribution in [0.5, 0.6) is 0 Å². The van der Waals surface area contributed by atoms with Gasteiger partial charge in [-0.05, 0) is 49.2 Å². The molecule has 0 spiro atoms. The van der Waals surface area contributed by atoms with Crippen LogP contribution in [0, 0.1) is 12.7 Å². The Balaban J connectivity index is 1.90. The van der Waals surface area contributed by atoms with Gasteiger partial charge in [0.15, 0.2) is 0 Å². The van der Waals surface area contributed by atoms with Gasteiger partial charge in [0.05, 0.1) is 0 Å². The van der Waals surface area contributed by atoms with Crippen LogP contribution in [0.15, 0.2) is 51.8 Å². The number of benzene rings is 2. The lowest BCUT2D eigenvalue weighted by atomic mass is 10.1. The van der Waals surface area contributed by atoms with Crippen LogP contribution in [0.4, 0.5) is 4.39 Å². The molecule has 0 bridgehead atoms. The molecule has 0 radical (unpaired) electrons. The molecule has 0 fully saturated rings. The number of hydrogen-bond donors (Lipinski definition) is 1. The summed E-state index contributed by atoms with van der Waals surface area (Å²) in [6, 6.07) is 13.1. The fraction of sp³-hybridized carbons (Fsp3) is 0.250. The number of rotatable bonds is 5. The van der Waals surface area contributed by atoms with E-state index in [1.54, 1.807) is 23.9 Å². The molecular weight excluding hydrogens is 337 g/mol. The fourth-order valence-corrected chi connectivity index (χ4v) is 3.14. The number of thioether (sulfide) groups is 1. The van der Waals surface area contributed by atoms with E-state index in [4.69, 9.17) is 5.73 Å². The zero-order valence-corrected chi connectivity index (χ0v) is 13.7. The van der Waals surface area contributed by atoms with E-state index >= 15 is 0 Å². The summed E-state index contributed by atoms with van der Waals surface area (Å²) in [6.45, 7) is 2.07. The Labute approximate surface area is 131 Å². The van der Waals surface area contributed by atoms with Crippen molar-refractivity contribution in [2.45, 2.75) is 24.3 Å². The van der Waals surface area contributed by atoms with Crippen molar-refractivity contribution < 1.29 is 4.39 Å². The first-order valence-corrected chi connectivity index (χ1v) is 8.21. The molecule has 2 aromatic rings. The van der Waals surface area contributed by atoms with Crippen LogP contribution in [0.3, 0.4) is 0 Å². The maximum absolute atomic E-state index is 13.2. The summed E-state index contributed by atoms with van der Waals surface area (Å²) in [5, 5.41) is 0. The van der Waals surface area contributed by atoms with Gasteiger partial charge in [-0.3, -0.25) is 0 Å². The summed E-state index contributed by atoms with van der Waals surface area (Å²) in [4.78, 5) is 1.21. The fourth-order valence-electron chi connectivity index (χ4n) is 1.88. The molecule has 1 unspecified atom stereocenters. The highest BCUT2D eigenvalue weighted by Crippen LogP contribution is 2.22. The number of hydrogen-bond acceptors (Lipinski definition) is 2. The molecule has 2 rings (SSSR count). The monoisotopic (exact) mass is 353 g/mol. The molecule has 106 valence electrons. The zero-order valence-electron chi connectivity index (χ0n) is 11.3. The Morgan fingerprint density at radius 3 is 2.60 bits per heavy atom. The SMILES string of the molecule is Cc1ccc(SCC(N)Cc2cc(F)ccc2Br)cc1. The van der Waals surface area contributed by atoms with Crippen LogP contribution >= 0.6 is 27.7 Å². The molecular formula is C16H17BrFNS. The quantitative estimate of drug-likeness (QED) is 0.797. The van der Waals surface area contributed by atoms with Gasteiger partial charge in [0, 0.05) is 21.2 Å². The minimum atomic E-state index is -0.221. The van der Waals surface area contributed by atoms with Crippen LogP contribution in [-0.2, 0) is 6.42 Å². The van der Waals surface area contributed by atoms with Crippen molar-refractivity contribution in [3.63, 3.8) is 0 Å². The first-order valence-electron chi connectivity index (χ1n) is 6.43. The van der Waals surface area contributed by atoms with Crippen molar-refractivity contribution in [2.75, 3.05) is 5.75 Å². The minimum absolute atomic E-state index is 0.000553. The molecule has 1 atom stereocenters. The normalized spacial score (nSPS) is 12.4. The summed E-state index contributed by atoms with van der Waals surface area (Å²) in [5.41, 5.74) is 8.31. The molecule has 0 heterocycles. The third-order valence-electron chi connectivity index (χ3n) is 2.97. The third kappa shape index (κ3) is 4.62. The molecule has 0 aliphatic carbocycles. The van der Waals surface area contributed by atoms with Crippen LogP contribution in [0.1, 0.15) is 11.1 Å². The lowest BCUT2D eigenvalue weighted by molar-refractivity contribution is 0.622. The Bertz CT molecular complexity index is 571. The predicted octanol–water partition coefficient (Wildman–Crippen LogP) is 4.56. The average Bonchev–Trinajstić information content (AvgIpc) is 2.42. The summed E-state index contributed by atoms with van der Waals surface area (Å²) in [5.74, 6) is 0.591. The van der Waals surface area contributed by atoms with Crippen molar-refractivity contribution in [1.29, 1.82) is 0 Å². The highest BCUT2D eigenvalue weighted by Gasteiger charge is 2.09. The van der Waals surface area contributed by atoms with Crippen LogP contribution in [0.25, 0.3) is 0 Å². The molecule has 0 aliphatic heterocycles. The molecule has 0 aliphatic rings. The van der Waals surface area contributed by atoms with Gasteiger partial charge >= 0.3 is 0 Å². The molecule has 0 saturated carbocycles. The topological polar surface area (TPSA) is 26.0 Å². The van der Waals surface area contributed by atoms with Gasteiger partial charge in [0.2, 0.25) is 0 Å². The van der Waals surface area contributed by atoms with Crippen molar-refractivity contribution in [2.24, 2.45) is 5.73 Å². The summed E-state index contributed by atoms with van der Waals surface area (Å²) < 4.78 is 14.1. The first kappa shape index (κ1) is 15.5. The van der Waals surface area contributed by atoms with Gasteiger partial charge < -0.3 is 5.73 Å². The van der Waals surface area contributed by atoms with Gasteiger partial charge in [-0.2, -0.15) is 0 Å². The molecule has 0 saturated heterocycles. The predicted molar refractivity (Wildman–Crippen MR) is 87.7 cm³/mol. The maximum Gasteiger partial charge on any atom is 0.123 e. The molecule has 20 heavy (non-hydrogen) atoms. The molecule has 1 nitrogen and oxygen atoms in total. The zero-order chi connectivity index (χ0) is 14.5. The highest BCUT2D eigenvalue weighted by atomic mass is 79.9. The van der Waals surface area contributed by atoms with E-state index in [-0.39, 0.29) is 11.9 Å². The first-order chi connectivity index (χ1) is 9.54. The van der Waals surface area contributed by atoms with E-state index in [0.717, 1.165) is 15.8 Å². The molecule has 4 heteroatoms. The second-order valence-electron chi connectivity index (χ2n) is 4.82. The summed E-state index contributed by atoms with van der Waals surface area (Å²) in [7, 11) is 0. The summed E-state index contributed by atoms with van der Waals surface area (Å²) >= 11 is 5.17. The minimum Gasteiger partial charge on any atom is -0.327 e.